The van der Waals surface area contributed by atoms with Crippen molar-refractivity contribution >= 4 is 5.97 Å². The summed E-state index contributed by atoms with van der Waals surface area (Å²) in [5.41, 5.74) is 0.867. The summed E-state index contributed by atoms with van der Waals surface area (Å²) in [6, 6.07) is 7.48. The quantitative estimate of drug-likeness (QED) is 0.548. The summed E-state index contributed by atoms with van der Waals surface area (Å²) in [6.45, 7) is 2.57. The Morgan fingerprint density at radius 3 is 2.75 bits per heavy atom. The lowest BCUT2D eigenvalue weighted by molar-refractivity contribution is -0.142. The van der Waals surface area contributed by atoms with E-state index in [1.807, 2.05) is 24.3 Å². The van der Waals surface area contributed by atoms with E-state index in [1.165, 1.54) is 0 Å². The molecule has 1 aromatic carbocycles. The van der Waals surface area contributed by atoms with Gasteiger partial charge >= 0.3 is 5.97 Å². The van der Waals surface area contributed by atoms with Crippen LogP contribution in [-0.2, 0) is 16.0 Å². The molecule has 0 aliphatic rings. The standard InChI is InChI=1S/C13H18O3/c1-3-4-9-16-13(14)10-11-7-5-6-8-12(11)15-2/h5-8H,3-4,9-10H2,1-2H3. The van der Waals surface area contributed by atoms with E-state index in [9.17, 15) is 4.79 Å². The fourth-order valence-corrected chi connectivity index (χ4v) is 1.39. The molecule has 0 amide bonds. The van der Waals surface area contributed by atoms with Gasteiger partial charge in [-0.1, -0.05) is 31.5 Å². The fourth-order valence-electron chi connectivity index (χ4n) is 1.39. The molecule has 0 bridgehead atoms. The van der Waals surface area contributed by atoms with E-state index in [-0.39, 0.29) is 12.4 Å². The Kier molecular flexibility index (Phi) is 5.40. The van der Waals surface area contributed by atoms with Crippen LogP contribution in [0.2, 0.25) is 0 Å². The maximum Gasteiger partial charge on any atom is 0.310 e. The van der Waals surface area contributed by atoms with Crippen molar-refractivity contribution in [2.75, 3.05) is 13.7 Å². The summed E-state index contributed by atoms with van der Waals surface area (Å²) in [4.78, 5) is 11.5. The number of para-hydroxylation sites is 1. The third kappa shape index (κ3) is 3.93. The van der Waals surface area contributed by atoms with Gasteiger partial charge in [-0.2, -0.15) is 0 Å². The van der Waals surface area contributed by atoms with Gasteiger partial charge < -0.3 is 9.47 Å². The van der Waals surface area contributed by atoms with Crippen LogP contribution in [0, 0.1) is 0 Å². The van der Waals surface area contributed by atoms with Crippen LogP contribution in [0.25, 0.3) is 0 Å². The zero-order chi connectivity index (χ0) is 11.8. The molecule has 0 N–H and O–H groups in total. The zero-order valence-corrected chi connectivity index (χ0v) is 9.86. The molecule has 3 nitrogen and oxygen atoms in total. The molecule has 0 saturated heterocycles. The Labute approximate surface area is 96.4 Å². The van der Waals surface area contributed by atoms with E-state index in [4.69, 9.17) is 9.47 Å². The van der Waals surface area contributed by atoms with Crippen LogP contribution in [0.15, 0.2) is 24.3 Å². The molecule has 0 aromatic heterocycles. The summed E-state index contributed by atoms with van der Waals surface area (Å²) in [7, 11) is 1.60. The second-order valence-electron chi connectivity index (χ2n) is 3.56. The van der Waals surface area contributed by atoms with Gasteiger partial charge in [0.2, 0.25) is 0 Å². The summed E-state index contributed by atoms with van der Waals surface area (Å²) >= 11 is 0. The van der Waals surface area contributed by atoms with E-state index in [2.05, 4.69) is 6.92 Å². The molecule has 0 saturated carbocycles. The highest BCUT2D eigenvalue weighted by Gasteiger charge is 2.08. The van der Waals surface area contributed by atoms with Crippen LogP contribution in [0.4, 0.5) is 0 Å². The SMILES string of the molecule is CCCCOC(=O)Cc1ccccc1OC. The Morgan fingerprint density at radius 2 is 2.06 bits per heavy atom. The molecular formula is C13H18O3. The Morgan fingerprint density at radius 1 is 1.31 bits per heavy atom. The lowest BCUT2D eigenvalue weighted by atomic mass is 10.1. The summed E-state index contributed by atoms with van der Waals surface area (Å²) < 4.78 is 10.3. The van der Waals surface area contributed by atoms with Gasteiger partial charge in [0.05, 0.1) is 20.1 Å². The number of carbonyl (C=O) groups excluding carboxylic acids is 1. The highest BCUT2D eigenvalue weighted by Crippen LogP contribution is 2.17. The number of ether oxygens (including phenoxy) is 2. The Balaban J connectivity index is 2.49. The molecule has 0 spiro atoms. The first kappa shape index (κ1) is 12.6. The van der Waals surface area contributed by atoms with E-state index in [0.29, 0.717) is 6.61 Å². The average Bonchev–Trinajstić information content (AvgIpc) is 2.30. The second kappa shape index (κ2) is 6.88. The van der Waals surface area contributed by atoms with Crippen LogP contribution in [0.1, 0.15) is 25.3 Å². The topological polar surface area (TPSA) is 35.5 Å². The molecule has 1 aromatic rings. The number of rotatable bonds is 6. The van der Waals surface area contributed by atoms with Crippen molar-refractivity contribution in [2.45, 2.75) is 26.2 Å². The number of hydrogen-bond acceptors (Lipinski definition) is 3. The fraction of sp³-hybridized carbons (Fsp3) is 0.462. The maximum atomic E-state index is 11.5. The summed E-state index contributed by atoms with van der Waals surface area (Å²) in [6.07, 6.45) is 2.22. The second-order valence-corrected chi connectivity index (χ2v) is 3.56. The lowest BCUT2D eigenvalue weighted by Gasteiger charge is -2.07. The average molecular weight is 222 g/mol. The van der Waals surface area contributed by atoms with Crippen molar-refractivity contribution < 1.29 is 14.3 Å². The number of benzene rings is 1. The molecule has 3 heteroatoms. The van der Waals surface area contributed by atoms with E-state index in [0.717, 1.165) is 24.2 Å². The van der Waals surface area contributed by atoms with Crippen molar-refractivity contribution in [3.05, 3.63) is 29.8 Å². The van der Waals surface area contributed by atoms with E-state index in [1.54, 1.807) is 7.11 Å². The van der Waals surface area contributed by atoms with Gasteiger partial charge in [0, 0.05) is 5.56 Å². The third-order valence-electron chi connectivity index (χ3n) is 2.29. The van der Waals surface area contributed by atoms with Crippen LogP contribution >= 0.6 is 0 Å². The first-order chi connectivity index (χ1) is 7.77. The van der Waals surface area contributed by atoms with Crippen LogP contribution in [0.3, 0.4) is 0 Å². The summed E-state index contributed by atoms with van der Waals surface area (Å²) in [5, 5.41) is 0. The lowest BCUT2D eigenvalue weighted by Crippen LogP contribution is -2.09. The minimum absolute atomic E-state index is 0.196. The molecule has 0 atom stereocenters. The highest BCUT2D eigenvalue weighted by molar-refractivity contribution is 5.73. The maximum absolute atomic E-state index is 11.5. The van der Waals surface area contributed by atoms with Crippen molar-refractivity contribution in [3.8, 4) is 5.75 Å². The molecular weight excluding hydrogens is 204 g/mol. The van der Waals surface area contributed by atoms with Crippen molar-refractivity contribution in [1.29, 1.82) is 0 Å². The van der Waals surface area contributed by atoms with E-state index < -0.39 is 0 Å². The van der Waals surface area contributed by atoms with Gasteiger partial charge in [0.15, 0.2) is 0 Å². The molecule has 0 fully saturated rings. The van der Waals surface area contributed by atoms with Gasteiger partial charge in [-0.3, -0.25) is 4.79 Å². The Bertz CT molecular complexity index is 334. The number of carbonyl (C=O) groups is 1. The van der Waals surface area contributed by atoms with E-state index >= 15 is 0 Å². The molecule has 0 radical (unpaired) electrons. The van der Waals surface area contributed by atoms with Crippen LogP contribution in [0.5, 0.6) is 5.75 Å². The molecule has 16 heavy (non-hydrogen) atoms. The predicted molar refractivity (Wildman–Crippen MR) is 62.6 cm³/mol. The number of methoxy groups -OCH3 is 1. The molecule has 0 heterocycles. The molecule has 88 valence electrons. The number of esters is 1. The van der Waals surface area contributed by atoms with Crippen molar-refractivity contribution in [1.82, 2.24) is 0 Å². The van der Waals surface area contributed by atoms with Gasteiger partial charge in [-0.15, -0.1) is 0 Å². The number of hydrogen-bond donors (Lipinski definition) is 0. The monoisotopic (exact) mass is 222 g/mol. The van der Waals surface area contributed by atoms with Gasteiger partial charge in [0.1, 0.15) is 5.75 Å². The van der Waals surface area contributed by atoms with Crippen LogP contribution < -0.4 is 4.74 Å². The van der Waals surface area contributed by atoms with Gasteiger partial charge in [-0.25, -0.2) is 0 Å². The van der Waals surface area contributed by atoms with Crippen molar-refractivity contribution in [3.63, 3.8) is 0 Å². The minimum atomic E-state index is -0.196. The third-order valence-corrected chi connectivity index (χ3v) is 2.29. The normalized spacial score (nSPS) is 9.88. The number of unbranched alkanes of at least 4 members (excludes halogenated alkanes) is 1. The first-order valence-corrected chi connectivity index (χ1v) is 5.55. The first-order valence-electron chi connectivity index (χ1n) is 5.55. The smallest absolute Gasteiger partial charge is 0.310 e. The zero-order valence-electron chi connectivity index (χ0n) is 9.86. The minimum Gasteiger partial charge on any atom is -0.496 e. The predicted octanol–water partition coefficient (Wildman–Crippen LogP) is 2.58. The highest BCUT2D eigenvalue weighted by atomic mass is 16.5. The van der Waals surface area contributed by atoms with Gasteiger partial charge in [-0.05, 0) is 12.5 Å². The Hall–Kier alpha value is -1.51. The summed E-state index contributed by atoms with van der Waals surface area (Å²) in [5.74, 6) is 0.535. The van der Waals surface area contributed by atoms with Crippen molar-refractivity contribution in [2.24, 2.45) is 0 Å². The van der Waals surface area contributed by atoms with Crippen LogP contribution in [-0.4, -0.2) is 19.7 Å². The largest absolute Gasteiger partial charge is 0.496 e. The van der Waals surface area contributed by atoms with Gasteiger partial charge in [0.25, 0.3) is 0 Å². The molecule has 1 rings (SSSR count). The molecule has 0 unspecified atom stereocenters. The molecule has 0 aliphatic heterocycles. The molecule has 0 aliphatic carbocycles.